The highest BCUT2D eigenvalue weighted by Crippen LogP contribution is 2.58. The zero-order valence-corrected chi connectivity index (χ0v) is 38.7. The predicted molar refractivity (Wildman–Crippen MR) is 222 cm³/mol. The lowest BCUT2D eigenvalue weighted by Gasteiger charge is -2.41. The zero-order chi connectivity index (χ0) is 43.2. The van der Waals surface area contributed by atoms with Crippen LogP contribution in [0.15, 0.2) is 23.8 Å². The van der Waals surface area contributed by atoms with Crippen LogP contribution in [0.4, 0.5) is 11.8 Å². The Labute approximate surface area is 343 Å². The molecule has 3 fully saturated rings. The number of fused-ring (bicyclic) bond motifs is 5. The number of phosphoric acid groups is 2. The SMILES string of the molecule is CC(C)(C)[Si](C)(C)O[C@@H]1[C@H]2COP(=O)(O)O[C@@H]3[C@@H](COP(=O)(O)O[C@H]1[C@H](n1cnc4c(=O)[nH]c(N)nc41)C2)C[C@@H](n1cnc2c(N)ncnc21)[C@@H]3O[Si](C)(C)C(C)(C)C. The molecule has 21 nitrogen and oxygen atoms in total. The van der Waals surface area contributed by atoms with Gasteiger partial charge < -0.3 is 39.2 Å². The number of nitrogens with zero attached hydrogens (tertiary/aromatic N) is 7. The normalized spacial score (nSPS) is 32.8. The molecule has 326 valence electrons. The molecule has 0 amide bonds. The highest BCUT2D eigenvalue weighted by molar-refractivity contribution is 7.47. The molecule has 0 radical (unpaired) electrons. The van der Waals surface area contributed by atoms with Gasteiger partial charge in [-0.2, -0.15) is 4.98 Å². The van der Waals surface area contributed by atoms with Crippen LogP contribution in [-0.2, 0) is 36.1 Å². The summed E-state index contributed by atoms with van der Waals surface area (Å²) in [5.41, 5.74) is 12.4. The van der Waals surface area contributed by atoms with Crippen molar-refractivity contribution in [2.75, 3.05) is 24.7 Å². The number of imidazole rings is 2. The molecule has 59 heavy (non-hydrogen) atoms. The summed E-state index contributed by atoms with van der Waals surface area (Å²) >= 11 is 0. The molecule has 0 aromatic carbocycles. The molecule has 2 bridgehead atoms. The van der Waals surface area contributed by atoms with Crippen LogP contribution in [-0.4, -0.2) is 103 Å². The number of nitrogens with one attached hydrogen (secondary N) is 1. The van der Waals surface area contributed by atoms with Gasteiger partial charge in [0.25, 0.3) is 5.56 Å². The van der Waals surface area contributed by atoms with E-state index >= 15 is 0 Å². The minimum absolute atomic E-state index is 0.0123. The van der Waals surface area contributed by atoms with Crippen molar-refractivity contribution in [1.29, 1.82) is 0 Å². The third-order valence-electron chi connectivity index (χ3n) is 12.9. The van der Waals surface area contributed by atoms with E-state index in [0.29, 0.717) is 11.2 Å². The third-order valence-corrected chi connectivity index (χ3v) is 23.8. The maximum atomic E-state index is 14.3. The Bertz CT molecular complexity index is 2380. The number of anilines is 2. The van der Waals surface area contributed by atoms with E-state index in [1.807, 2.05) is 47.0 Å². The van der Waals surface area contributed by atoms with Crippen molar-refractivity contribution >= 4 is 66.4 Å². The van der Waals surface area contributed by atoms with Crippen molar-refractivity contribution in [2.24, 2.45) is 11.8 Å². The number of phosphoric ester groups is 2. The highest BCUT2D eigenvalue weighted by Gasteiger charge is 2.57. The van der Waals surface area contributed by atoms with E-state index in [1.165, 1.54) is 12.7 Å². The van der Waals surface area contributed by atoms with E-state index in [2.05, 4.69) is 50.7 Å². The highest BCUT2D eigenvalue weighted by atomic mass is 31.2. The van der Waals surface area contributed by atoms with Crippen molar-refractivity contribution in [1.82, 2.24) is 39.0 Å². The summed E-state index contributed by atoms with van der Waals surface area (Å²) in [6.07, 6.45) is 0.251. The predicted octanol–water partition coefficient (Wildman–Crippen LogP) is 5.04. The van der Waals surface area contributed by atoms with E-state index in [-0.39, 0.29) is 52.5 Å². The van der Waals surface area contributed by atoms with E-state index in [1.54, 1.807) is 15.5 Å². The molecule has 1 saturated heterocycles. The van der Waals surface area contributed by atoms with Crippen molar-refractivity contribution in [3.63, 3.8) is 0 Å². The molecule has 25 heteroatoms. The molecule has 3 aliphatic rings. The molecule has 5 heterocycles. The minimum atomic E-state index is -4.98. The lowest BCUT2D eigenvalue weighted by molar-refractivity contribution is -0.00698. The van der Waals surface area contributed by atoms with E-state index < -0.39 is 92.8 Å². The largest absolute Gasteiger partial charge is 0.472 e. The van der Waals surface area contributed by atoms with Crippen molar-refractivity contribution in [2.45, 2.75) is 127 Å². The van der Waals surface area contributed by atoms with Gasteiger partial charge in [-0.3, -0.25) is 27.9 Å². The number of nitrogens with two attached hydrogens (primary N) is 2. The molecule has 7 rings (SSSR count). The molecule has 2 unspecified atom stereocenters. The molecule has 2 saturated carbocycles. The number of hydrogen-bond donors (Lipinski definition) is 5. The van der Waals surface area contributed by atoms with Crippen LogP contribution in [0.2, 0.25) is 36.3 Å². The fourth-order valence-corrected chi connectivity index (χ4v) is 12.4. The summed E-state index contributed by atoms with van der Waals surface area (Å²) in [5.74, 6) is -1.52. The summed E-state index contributed by atoms with van der Waals surface area (Å²) in [4.78, 5) is 60.0. The topological polar surface area (TPSA) is 289 Å². The van der Waals surface area contributed by atoms with Gasteiger partial charge >= 0.3 is 15.6 Å². The second-order valence-electron chi connectivity index (χ2n) is 18.8. The van der Waals surface area contributed by atoms with Crippen molar-refractivity contribution in [3.05, 3.63) is 29.3 Å². The molecule has 0 spiro atoms. The average molecular weight is 899 g/mol. The van der Waals surface area contributed by atoms with Crippen LogP contribution in [0.5, 0.6) is 0 Å². The minimum Gasteiger partial charge on any atom is -0.411 e. The Morgan fingerprint density at radius 3 is 1.90 bits per heavy atom. The molecule has 2 aliphatic carbocycles. The maximum absolute atomic E-state index is 14.3. The number of hydrogen-bond acceptors (Lipinski definition) is 16. The lowest BCUT2D eigenvalue weighted by atomic mass is 10.1. The first kappa shape index (κ1) is 44.1. The van der Waals surface area contributed by atoms with E-state index in [4.69, 9.17) is 38.4 Å². The molecule has 4 aromatic rings. The molecule has 10 atom stereocenters. The second-order valence-corrected chi connectivity index (χ2v) is 31.2. The van der Waals surface area contributed by atoms with Gasteiger partial charge in [-0.15, -0.1) is 0 Å². The van der Waals surface area contributed by atoms with Crippen LogP contribution in [0.1, 0.15) is 66.5 Å². The Hall–Kier alpha value is -2.93. The Kier molecular flexibility index (Phi) is 11.3. The quantitative estimate of drug-likeness (QED) is 0.125. The molecular formula is C34H56N10O11P2Si2. The van der Waals surface area contributed by atoms with Gasteiger partial charge in [0.1, 0.15) is 24.1 Å². The monoisotopic (exact) mass is 898 g/mol. The number of aromatic amines is 1. The van der Waals surface area contributed by atoms with E-state index in [0.717, 1.165) is 0 Å². The summed E-state index contributed by atoms with van der Waals surface area (Å²) in [7, 11) is -15.3. The van der Waals surface area contributed by atoms with Gasteiger partial charge in [-0.05, 0) is 49.1 Å². The summed E-state index contributed by atoms with van der Waals surface area (Å²) < 4.78 is 70.0. The number of H-pyrrole nitrogens is 1. The van der Waals surface area contributed by atoms with Gasteiger partial charge in [0.2, 0.25) is 5.95 Å². The molecular weight excluding hydrogens is 843 g/mol. The second kappa shape index (κ2) is 15.2. The first-order chi connectivity index (χ1) is 27.2. The Morgan fingerprint density at radius 2 is 1.29 bits per heavy atom. The maximum Gasteiger partial charge on any atom is 0.472 e. The molecule has 4 aromatic heterocycles. The van der Waals surface area contributed by atoms with Gasteiger partial charge in [-0.1, -0.05) is 41.5 Å². The van der Waals surface area contributed by atoms with Crippen molar-refractivity contribution in [3.8, 4) is 0 Å². The first-order valence-corrected chi connectivity index (χ1v) is 28.3. The Balaban J connectivity index is 1.31. The van der Waals surface area contributed by atoms with Gasteiger partial charge in [0.15, 0.2) is 39.3 Å². The van der Waals surface area contributed by atoms with Gasteiger partial charge in [-0.25, -0.2) is 29.1 Å². The Morgan fingerprint density at radius 1 is 0.763 bits per heavy atom. The van der Waals surface area contributed by atoms with Gasteiger partial charge in [0.05, 0.1) is 50.2 Å². The number of nitrogen functional groups attached to an aromatic ring is 2. The summed E-state index contributed by atoms with van der Waals surface area (Å²) in [6, 6.07) is -1.47. The molecule has 7 N–H and O–H groups in total. The fourth-order valence-electron chi connectivity index (χ4n) is 7.67. The smallest absolute Gasteiger partial charge is 0.411 e. The zero-order valence-electron chi connectivity index (χ0n) is 34.9. The lowest BCUT2D eigenvalue weighted by Crippen LogP contribution is -2.49. The number of aromatic nitrogens is 8. The summed E-state index contributed by atoms with van der Waals surface area (Å²) in [5, 5.41) is -0.618. The van der Waals surface area contributed by atoms with Crippen LogP contribution >= 0.6 is 15.6 Å². The van der Waals surface area contributed by atoms with Crippen LogP contribution in [0.25, 0.3) is 22.3 Å². The summed E-state index contributed by atoms with van der Waals surface area (Å²) in [6.45, 7) is 19.6. The van der Waals surface area contributed by atoms with Crippen molar-refractivity contribution < 1.29 is 45.9 Å². The number of rotatable bonds is 6. The van der Waals surface area contributed by atoms with E-state index in [9.17, 15) is 23.7 Å². The van der Waals surface area contributed by atoms with Crippen LogP contribution < -0.4 is 17.0 Å². The van der Waals surface area contributed by atoms with Crippen LogP contribution in [0.3, 0.4) is 0 Å². The standard InChI is InChI=1S/C34H56N10O11P2Si2/c1-33(2,3)58(7,8)54-25-19-12-20(44-17-40-23-30(44)41-32(36)42-31(23)45)26(25)53-57(48,49)50-13-18-11-21(43-16-39-22-28(35)37-15-38-29(22)43)27(55-59(9,10)34(4,5)6)24(18)52-56(46,47)51-14-19/h15-21,24-27H,11-14H2,1-10H3,(H,46,47)(H,48,49)(H2,35,37,38)(H3,36,41,42,45)/t18-,19-,20-,21-,24-,25-,26+,27+/m1/s1. The van der Waals surface area contributed by atoms with Gasteiger partial charge in [0, 0.05) is 11.8 Å². The fraction of sp³-hybridized carbons (Fsp3) is 0.706. The molecule has 1 aliphatic heterocycles. The third kappa shape index (κ3) is 8.50. The first-order valence-electron chi connectivity index (χ1n) is 19.5. The average Bonchev–Trinajstić information content (AvgIpc) is 3.86. The van der Waals surface area contributed by atoms with Crippen LogP contribution in [0, 0.1) is 11.8 Å².